The van der Waals surface area contributed by atoms with E-state index in [1.54, 1.807) is 0 Å². The Kier molecular flexibility index (Phi) is 12.9. The van der Waals surface area contributed by atoms with Crippen LogP contribution in [0.15, 0.2) is 30.3 Å². The molecule has 1 aromatic carbocycles. The molecule has 2 heterocycles. The van der Waals surface area contributed by atoms with E-state index >= 15 is 0 Å². The molecular weight excluding hydrogens is 421 g/mol. The molecule has 0 radical (unpaired) electrons. The molecule has 2 saturated heterocycles. The predicted octanol–water partition coefficient (Wildman–Crippen LogP) is 3.61. The molecule has 0 saturated carbocycles. The fraction of sp³-hybridized carbons (Fsp3) is 0.696. The maximum atomic E-state index is 13.3. The van der Waals surface area contributed by atoms with Gasteiger partial charge in [0, 0.05) is 38.6 Å². The largest absolute Gasteiger partial charge is 0.379 e. The molecule has 1 amide bonds. The van der Waals surface area contributed by atoms with Gasteiger partial charge in [-0.3, -0.25) is 9.69 Å². The minimum absolute atomic E-state index is 0. The lowest BCUT2D eigenvalue weighted by Crippen LogP contribution is -2.48. The number of hydrogen-bond donors (Lipinski definition) is 1. The Morgan fingerprint density at radius 1 is 1.20 bits per heavy atom. The van der Waals surface area contributed by atoms with Gasteiger partial charge in [-0.2, -0.15) is 0 Å². The number of nitrogens with one attached hydrogen (secondary N) is 1. The van der Waals surface area contributed by atoms with Crippen LogP contribution in [0.25, 0.3) is 0 Å². The van der Waals surface area contributed by atoms with Gasteiger partial charge in [0.25, 0.3) is 0 Å². The minimum Gasteiger partial charge on any atom is -0.379 e. The third kappa shape index (κ3) is 8.35. The van der Waals surface area contributed by atoms with E-state index in [1.807, 2.05) is 6.07 Å². The van der Waals surface area contributed by atoms with Crippen molar-refractivity contribution < 1.29 is 9.53 Å². The van der Waals surface area contributed by atoms with Crippen molar-refractivity contribution in [3.05, 3.63) is 35.9 Å². The molecule has 0 bridgehead atoms. The first kappa shape index (κ1) is 27.2. The molecule has 0 aliphatic carbocycles. The van der Waals surface area contributed by atoms with Crippen LogP contribution in [-0.4, -0.2) is 67.7 Å². The van der Waals surface area contributed by atoms with E-state index in [4.69, 9.17) is 4.74 Å². The maximum Gasteiger partial charge on any atom is 0.223 e. The van der Waals surface area contributed by atoms with Crippen molar-refractivity contribution in [2.45, 2.75) is 45.7 Å². The second-order valence-corrected chi connectivity index (χ2v) is 8.56. The van der Waals surface area contributed by atoms with Crippen LogP contribution >= 0.6 is 24.8 Å². The van der Waals surface area contributed by atoms with Crippen molar-refractivity contribution in [3.8, 4) is 0 Å². The van der Waals surface area contributed by atoms with Gasteiger partial charge in [-0.1, -0.05) is 37.3 Å². The molecule has 3 rings (SSSR count). The van der Waals surface area contributed by atoms with Crippen LogP contribution in [0.1, 0.15) is 38.7 Å². The first-order valence-electron chi connectivity index (χ1n) is 11.0. The van der Waals surface area contributed by atoms with Crippen molar-refractivity contribution in [2.24, 2.45) is 11.8 Å². The molecule has 1 aromatic rings. The Morgan fingerprint density at radius 2 is 1.90 bits per heavy atom. The minimum atomic E-state index is 0. The molecule has 3 unspecified atom stereocenters. The van der Waals surface area contributed by atoms with Crippen molar-refractivity contribution >= 4 is 30.7 Å². The molecule has 0 spiro atoms. The van der Waals surface area contributed by atoms with Gasteiger partial charge >= 0.3 is 0 Å². The molecule has 3 atom stereocenters. The monoisotopic (exact) mass is 459 g/mol. The van der Waals surface area contributed by atoms with Crippen LogP contribution in [0, 0.1) is 11.8 Å². The Balaban J connectivity index is 0.00000225. The van der Waals surface area contributed by atoms with E-state index < -0.39 is 0 Å². The molecule has 2 aliphatic heterocycles. The SMILES string of the molecule is CC(CC(=O)N(Cc1ccccc1)C(C)CN1CCOCC1)C1CCCNC1.Cl.Cl. The number of amides is 1. The summed E-state index contributed by atoms with van der Waals surface area (Å²) in [6.07, 6.45) is 3.11. The van der Waals surface area contributed by atoms with Gasteiger partial charge in [0.05, 0.1) is 13.2 Å². The first-order chi connectivity index (χ1) is 13.6. The van der Waals surface area contributed by atoms with Crippen LogP contribution in [0.4, 0.5) is 0 Å². The molecule has 7 heteroatoms. The molecular formula is C23H39Cl2N3O2. The molecule has 2 aliphatic rings. The van der Waals surface area contributed by atoms with Crippen molar-refractivity contribution in [2.75, 3.05) is 45.9 Å². The van der Waals surface area contributed by atoms with E-state index in [2.05, 4.69) is 53.2 Å². The van der Waals surface area contributed by atoms with E-state index in [-0.39, 0.29) is 30.9 Å². The third-order valence-electron chi connectivity index (χ3n) is 6.31. The van der Waals surface area contributed by atoms with E-state index in [1.165, 1.54) is 18.4 Å². The number of halogens is 2. The number of nitrogens with zero attached hydrogens (tertiary/aromatic N) is 2. The highest BCUT2D eigenvalue weighted by Gasteiger charge is 2.27. The highest BCUT2D eigenvalue weighted by Crippen LogP contribution is 2.24. The van der Waals surface area contributed by atoms with Gasteiger partial charge in [0.2, 0.25) is 5.91 Å². The molecule has 172 valence electrons. The van der Waals surface area contributed by atoms with Gasteiger partial charge in [-0.15, -0.1) is 24.8 Å². The number of morpholine rings is 1. The lowest BCUT2D eigenvalue weighted by atomic mass is 9.85. The quantitative estimate of drug-likeness (QED) is 0.644. The first-order valence-corrected chi connectivity index (χ1v) is 11.0. The third-order valence-corrected chi connectivity index (χ3v) is 6.31. The number of ether oxygens (including phenoxy) is 1. The summed E-state index contributed by atoms with van der Waals surface area (Å²) in [5.74, 6) is 1.34. The second-order valence-electron chi connectivity index (χ2n) is 8.56. The number of carbonyl (C=O) groups excluding carboxylic acids is 1. The van der Waals surface area contributed by atoms with Gasteiger partial charge in [-0.25, -0.2) is 0 Å². The summed E-state index contributed by atoms with van der Waals surface area (Å²) in [6, 6.07) is 10.6. The smallest absolute Gasteiger partial charge is 0.223 e. The highest BCUT2D eigenvalue weighted by molar-refractivity contribution is 5.85. The highest BCUT2D eigenvalue weighted by atomic mass is 35.5. The fourth-order valence-corrected chi connectivity index (χ4v) is 4.45. The normalized spacial score (nSPS) is 21.6. The zero-order chi connectivity index (χ0) is 19.8. The van der Waals surface area contributed by atoms with E-state index in [0.29, 0.717) is 30.7 Å². The van der Waals surface area contributed by atoms with Crippen molar-refractivity contribution in [3.63, 3.8) is 0 Å². The van der Waals surface area contributed by atoms with Crippen LogP contribution < -0.4 is 5.32 Å². The topological polar surface area (TPSA) is 44.8 Å². The Morgan fingerprint density at radius 3 is 2.53 bits per heavy atom. The number of benzene rings is 1. The average molecular weight is 460 g/mol. The van der Waals surface area contributed by atoms with E-state index in [0.717, 1.165) is 45.9 Å². The average Bonchev–Trinajstić information content (AvgIpc) is 2.74. The molecule has 5 nitrogen and oxygen atoms in total. The van der Waals surface area contributed by atoms with Crippen molar-refractivity contribution in [1.29, 1.82) is 0 Å². The summed E-state index contributed by atoms with van der Waals surface area (Å²) in [7, 11) is 0. The standard InChI is InChI=1S/C23H37N3O2.2ClH/c1-19(22-9-6-10-24-16-22)15-23(27)26(18-21-7-4-3-5-8-21)20(2)17-25-11-13-28-14-12-25;;/h3-5,7-8,19-20,22,24H,6,9-18H2,1-2H3;2*1H. The summed E-state index contributed by atoms with van der Waals surface area (Å²) < 4.78 is 5.48. The van der Waals surface area contributed by atoms with Crippen LogP contribution in [0.5, 0.6) is 0 Å². The summed E-state index contributed by atoms with van der Waals surface area (Å²) in [6.45, 7) is 11.7. The molecule has 1 N–H and O–H groups in total. The second kappa shape index (κ2) is 14.3. The zero-order valence-corrected chi connectivity index (χ0v) is 20.1. The summed E-state index contributed by atoms with van der Waals surface area (Å²) >= 11 is 0. The predicted molar refractivity (Wildman–Crippen MR) is 128 cm³/mol. The summed E-state index contributed by atoms with van der Waals surface area (Å²) in [5, 5.41) is 3.49. The van der Waals surface area contributed by atoms with Gasteiger partial charge in [-0.05, 0) is 50.3 Å². The summed E-state index contributed by atoms with van der Waals surface area (Å²) in [4.78, 5) is 17.9. The lowest BCUT2D eigenvalue weighted by Gasteiger charge is -2.36. The van der Waals surface area contributed by atoms with E-state index in [9.17, 15) is 4.79 Å². The molecule has 0 aromatic heterocycles. The number of hydrogen-bond acceptors (Lipinski definition) is 4. The molecule has 30 heavy (non-hydrogen) atoms. The summed E-state index contributed by atoms with van der Waals surface area (Å²) in [5.41, 5.74) is 1.21. The molecule has 2 fully saturated rings. The zero-order valence-electron chi connectivity index (χ0n) is 18.4. The van der Waals surface area contributed by atoms with Gasteiger partial charge in [0.1, 0.15) is 0 Å². The van der Waals surface area contributed by atoms with Crippen LogP contribution in [-0.2, 0) is 16.1 Å². The van der Waals surface area contributed by atoms with Crippen LogP contribution in [0.2, 0.25) is 0 Å². The Labute approximate surface area is 194 Å². The number of piperidine rings is 1. The van der Waals surface area contributed by atoms with Gasteiger partial charge < -0.3 is 15.0 Å². The Bertz CT molecular complexity index is 593. The maximum absolute atomic E-state index is 13.3. The van der Waals surface area contributed by atoms with Gasteiger partial charge in [0.15, 0.2) is 0 Å². The lowest BCUT2D eigenvalue weighted by molar-refractivity contribution is -0.136. The number of carbonyl (C=O) groups is 1. The van der Waals surface area contributed by atoms with Crippen molar-refractivity contribution in [1.82, 2.24) is 15.1 Å². The fourth-order valence-electron chi connectivity index (χ4n) is 4.45. The Hall–Kier alpha value is -0.850. The van der Waals surface area contributed by atoms with Crippen LogP contribution in [0.3, 0.4) is 0 Å². The number of rotatable bonds is 8.